The number of nitrogens with zero attached hydrogens (tertiary/aromatic N) is 2. The average molecular weight is 286 g/mol. The van der Waals surface area contributed by atoms with Crippen molar-refractivity contribution in [2.45, 2.75) is 18.9 Å². The summed E-state index contributed by atoms with van der Waals surface area (Å²) in [5.41, 5.74) is 4.96. The summed E-state index contributed by atoms with van der Waals surface area (Å²) in [4.78, 5) is 37.2. The molecule has 0 aromatic carbocycles. The molecule has 0 aliphatic carbocycles. The van der Waals surface area contributed by atoms with Crippen molar-refractivity contribution in [2.75, 3.05) is 33.7 Å². The lowest BCUT2D eigenvalue weighted by molar-refractivity contribution is -0.140. The molecular weight excluding hydrogens is 264 g/mol. The molecule has 8 nitrogen and oxygen atoms in total. The van der Waals surface area contributed by atoms with Crippen molar-refractivity contribution in [1.29, 1.82) is 0 Å². The number of likely N-dealkylation sites (tertiary alicyclic amines) is 1. The molecule has 0 radical (unpaired) electrons. The predicted octanol–water partition coefficient (Wildman–Crippen LogP) is -1.09. The quantitative estimate of drug-likeness (QED) is 0.573. The van der Waals surface area contributed by atoms with E-state index in [0.717, 1.165) is 19.5 Å². The first-order valence-corrected chi connectivity index (χ1v) is 6.51. The summed E-state index contributed by atoms with van der Waals surface area (Å²) in [6, 6.07) is -1.79. The highest BCUT2D eigenvalue weighted by Crippen LogP contribution is 2.15. The maximum atomic E-state index is 11.9. The van der Waals surface area contributed by atoms with Crippen LogP contribution >= 0.6 is 0 Å². The van der Waals surface area contributed by atoms with Gasteiger partial charge in [0.1, 0.15) is 6.04 Å². The second-order valence-electron chi connectivity index (χ2n) is 5.31. The molecule has 1 unspecified atom stereocenters. The van der Waals surface area contributed by atoms with Crippen LogP contribution < -0.4 is 11.1 Å². The normalized spacial score (nSPS) is 20.4. The standard InChI is InChI=1S/C12H22N4O4/c1-15-4-3-8(6-15)7-16(2)12(20)14-9(11(18)19)5-10(13)17/h8-9H,3-7H2,1-2H3,(H2,13,17)(H,14,20)(H,18,19)/t8?,9-/m1/s1. The summed E-state index contributed by atoms with van der Waals surface area (Å²) in [7, 11) is 3.63. The second kappa shape index (κ2) is 7.09. The molecule has 3 amide bonds. The van der Waals surface area contributed by atoms with E-state index in [4.69, 9.17) is 10.8 Å². The van der Waals surface area contributed by atoms with Crippen molar-refractivity contribution in [1.82, 2.24) is 15.1 Å². The van der Waals surface area contributed by atoms with Gasteiger partial charge in [-0.1, -0.05) is 0 Å². The number of hydrogen-bond donors (Lipinski definition) is 3. The number of rotatable bonds is 6. The molecule has 20 heavy (non-hydrogen) atoms. The zero-order chi connectivity index (χ0) is 15.3. The number of nitrogens with one attached hydrogen (secondary N) is 1. The van der Waals surface area contributed by atoms with Gasteiger partial charge in [0.05, 0.1) is 6.42 Å². The molecule has 2 atom stereocenters. The number of amides is 3. The van der Waals surface area contributed by atoms with E-state index < -0.39 is 30.4 Å². The SMILES string of the molecule is CN1CCC(CN(C)C(=O)N[C@H](CC(N)=O)C(=O)O)C1. The van der Waals surface area contributed by atoms with Crippen LogP contribution in [0.15, 0.2) is 0 Å². The minimum absolute atomic E-state index is 0.384. The predicted molar refractivity (Wildman–Crippen MR) is 72.0 cm³/mol. The van der Waals surface area contributed by atoms with Crippen molar-refractivity contribution in [3.63, 3.8) is 0 Å². The first kappa shape index (κ1) is 16.2. The third-order valence-corrected chi connectivity index (χ3v) is 3.37. The van der Waals surface area contributed by atoms with Gasteiger partial charge in [-0.2, -0.15) is 0 Å². The van der Waals surface area contributed by atoms with E-state index in [0.29, 0.717) is 12.5 Å². The van der Waals surface area contributed by atoms with E-state index in [9.17, 15) is 14.4 Å². The summed E-state index contributed by atoms with van der Waals surface area (Å²) >= 11 is 0. The number of carboxylic acid groups (broad SMARTS) is 1. The third-order valence-electron chi connectivity index (χ3n) is 3.37. The molecule has 114 valence electrons. The van der Waals surface area contributed by atoms with Crippen LogP contribution in [-0.4, -0.2) is 72.6 Å². The Balaban J connectivity index is 2.46. The Hall–Kier alpha value is -1.83. The van der Waals surface area contributed by atoms with E-state index in [-0.39, 0.29) is 0 Å². The molecule has 0 aromatic rings. The van der Waals surface area contributed by atoms with Gasteiger partial charge in [-0.25, -0.2) is 9.59 Å². The van der Waals surface area contributed by atoms with Gasteiger partial charge >= 0.3 is 12.0 Å². The number of aliphatic carboxylic acids is 1. The Morgan fingerprint density at radius 2 is 2.15 bits per heavy atom. The fourth-order valence-electron chi connectivity index (χ4n) is 2.31. The van der Waals surface area contributed by atoms with Crippen molar-refractivity contribution >= 4 is 17.9 Å². The topological polar surface area (TPSA) is 116 Å². The van der Waals surface area contributed by atoms with Crippen molar-refractivity contribution in [2.24, 2.45) is 11.7 Å². The van der Waals surface area contributed by atoms with Crippen LogP contribution in [-0.2, 0) is 9.59 Å². The van der Waals surface area contributed by atoms with Crippen molar-refractivity contribution in [3.05, 3.63) is 0 Å². The zero-order valence-corrected chi connectivity index (χ0v) is 11.8. The highest BCUT2D eigenvalue weighted by Gasteiger charge is 2.26. The highest BCUT2D eigenvalue weighted by atomic mass is 16.4. The van der Waals surface area contributed by atoms with Gasteiger partial charge in [0.15, 0.2) is 0 Å². The van der Waals surface area contributed by atoms with Gasteiger partial charge in [-0.05, 0) is 25.9 Å². The summed E-state index contributed by atoms with van der Waals surface area (Å²) < 4.78 is 0. The molecule has 0 aromatic heterocycles. The molecule has 1 saturated heterocycles. The van der Waals surface area contributed by atoms with Crippen LogP contribution in [0.3, 0.4) is 0 Å². The Bertz CT molecular complexity index is 388. The van der Waals surface area contributed by atoms with E-state index in [2.05, 4.69) is 10.2 Å². The maximum absolute atomic E-state index is 11.9. The van der Waals surface area contributed by atoms with Crippen molar-refractivity contribution < 1.29 is 19.5 Å². The Morgan fingerprint density at radius 3 is 2.60 bits per heavy atom. The van der Waals surface area contributed by atoms with Gasteiger partial charge < -0.3 is 26.0 Å². The number of nitrogens with two attached hydrogens (primary N) is 1. The fourth-order valence-corrected chi connectivity index (χ4v) is 2.31. The average Bonchev–Trinajstić information content (AvgIpc) is 2.72. The monoisotopic (exact) mass is 286 g/mol. The van der Waals surface area contributed by atoms with Crippen LogP contribution in [0, 0.1) is 5.92 Å². The lowest BCUT2D eigenvalue weighted by atomic mass is 10.1. The number of hydrogen-bond acceptors (Lipinski definition) is 4. The van der Waals surface area contributed by atoms with Gasteiger partial charge in [-0.15, -0.1) is 0 Å². The number of carbonyl (C=O) groups excluding carboxylic acids is 2. The number of carboxylic acids is 1. The summed E-state index contributed by atoms with van der Waals surface area (Å²) in [5.74, 6) is -1.65. The third kappa shape index (κ3) is 5.04. The number of urea groups is 1. The smallest absolute Gasteiger partial charge is 0.326 e. The van der Waals surface area contributed by atoms with Gasteiger partial charge in [-0.3, -0.25) is 4.79 Å². The molecule has 0 spiro atoms. The van der Waals surface area contributed by atoms with E-state index in [1.165, 1.54) is 4.90 Å². The molecule has 4 N–H and O–H groups in total. The van der Waals surface area contributed by atoms with Crippen LogP contribution in [0.4, 0.5) is 4.79 Å². The van der Waals surface area contributed by atoms with E-state index in [1.54, 1.807) is 7.05 Å². The Kier molecular flexibility index (Phi) is 5.75. The highest BCUT2D eigenvalue weighted by molar-refractivity contribution is 5.87. The summed E-state index contributed by atoms with van der Waals surface area (Å²) in [5, 5.41) is 11.2. The van der Waals surface area contributed by atoms with Crippen molar-refractivity contribution in [3.8, 4) is 0 Å². The molecule has 1 aliphatic rings. The molecule has 1 heterocycles. The van der Waals surface area contributed by atoms with Crippen LogP contribution in [0.1, 0.15) is 12.8 Å². The molecule has 1 aliphatic heterocycles. The molecule has 8 heteroatoms. The fraction of sp³-hybridized carbons (Fsp3) is 0.750. The molecule has 0 saturated carbocycles. The van der Waals surface area contributed by atoms with Crippen LogP contribution in [0.5, 0.6) is 0 Å². The van der Waals surface area contributed by atoms with E-state index >= 15 is 0 Å². The molecule has 1 fully saturated rings. The summed E-state index contributed by atoms with van der Waals surface area (Å²) in [6.45, 7) is 2.47. The van der Waals surface area contributed by atoms with Gasteiger partial charge in [0, 0.05) is 20.1 Å². The zero-order valence-electron chi connectivity index (χ0n) is 11.8. The molecule has 1 rings (SSSR count). The Morgan fingerprint density at radius 1 is 1.50 bits per heavy atom. The van der Waals surface area contributed by atoms with E-state index in [1.807, 2.05) is 7.05 Å². The Labute approximate surface area is 117 Å². The minimum Gasteiger partial charge on any atom is -0.480 e. The number of carbonyl (C=O) groups is 3. The lowest BCUT2D eigenvalue weighted by Gasteiger charge is -2.23. The number of primary amides is 1. The first-order chi connectivity index (χ1) is 9.29. The molecule has 0 bridgehead atoms. The molecular formula is C12H22N4O4. The summed E-state index contributed by atoms with van der Waals surface area (Å²) in [6.07, 6.45) is 0.596. The second-order valence-corrected chi connectivity index (χ2v) is 5.31. The maximum Gasteiger partial charge on any atom is 0.326 e. The van der Waals surface area contributed by atoms with Crippen LogP contribution in [0.25, 0.3) is 0 Å². The van der Waals surface area contributed by atoms with Gasteiger partial charge in [0.2, 0.25) is 5.91 Å². The lowest BCUT2D eigenvalue weighted by Crippen LogP contribution is -2.49. The minimum atomic E-state index is -1.28. The van der Waals surface area contributed by atoms with Crippen LogP contribution in [0.2, 0.25) is 0 Å². The van der Waals surface area contributed by atoms with Gasteiger partial charge in [0.25, 0.3) is 0 Å². The first-order valence-electron chi connectivity index (χ1n) is 6.51. The largest absolute Gasteiger partial charge is 0.480 e.